The van der Waals surface area contributed by atoms with Crippen LogP contribution in [-0.4, -0.2) is 32.3 Å². The van der Waals surface area contributed by atoms with Gasteiger partial charge >= 0.3 is 0 Å². The number of halogens is 12. The zero-order valence-corrected chi connectivity index (χ0v) is 80.7. The molecule has 0 aliphatic carbocycles. The van der Waals surface area contributed by atoms with Gasteiger partial charge in [-0.3, -0.25) is 0 Å². The highest BCUT2D eigenvalue weighted by Crippen LogP contribution is 2.53. The van der Waals surface area contributed by atoms with Gasteiger partial charge in [0.2, 0.25) is 0 Å². The fraction of sp³-hybridized carbons (Fsp3) is 0.103. The Bertz CT molecular complexity index is 7560. The fourth-order valence-electron chi connectivity index (χ4n) is 18.7. The minimum atomic E-state index is -1.75. The van der Waals surface area contributed by atoms with Crippen molar-refractivity contribution in [1.29, 1.82) is 0 Å². The lowest BCUT2D eigenvalue weighted by atomic mass is 9.91. The second-order valence-electron chi connectivity index (χ2n) is 38.9. The van der Waals surface area contributed by atoms with Gasteiger partial charge in [0.25, 0.3) is 0 Å². The van der Waals surface area contributed by atoms with Crippen LogP contribution in [0.4, 0.5) is 121 Å². The highest BCUT2D eigenvalue weighted by atomic mass is 28.3. The molecule has 0 aliphatic heterocycles. The zero-order chi connectivity index (χ0) is 95.6. The summed E-state index contributed by atoms with van der Waals surface area (Å²) in [5, 5.41) is 14.7. The van der Waals surface area contributed by atoms with E-state index in [1.807, 2.05) is 170 Å². The first kappa shape index (κ1) is 90.9. The molecule has 20 aromatic rings. The van der Waals surface area contributed by atoms with Gasteiger partial charge in [-0.05, 0) is 211 Å². The molecule has 0 aliphatic rings. The highest BCUT2D eigenvalue weighted by Gasteiger charge is 2.33. The van der Waals surface area contributed by atoms with Gasteiger partial charge in [-0.25, -0.2) is 52.7 Å². The fourth-order valence-corrected chi connectivity index (χ4v) is 23.3. The molecule has 0 saturated carbocycles. The molecule has 4 nitrogen and oxygen atoms in total. The minimum Gasteiger partial charge on any atom is -0.307 e. The maximum atomic E-state index is 16.9. The van der Waals surface area contributed by atoms with Crippen molar-refractivity contribution in [3.63, 3.8) is 0 Å². The Morgan fingerprint density at radius 3 is 0.596 bits per heavy atom. The van der Waals surface area contributed by atoms with E-state index in [1.165, 1.54) is 118 Å². The van der Waals surface area contributed by atoms with E-state index in [-0.39, 0.29) is 56.1 Å². The van der Waals surface area contributed by atoms with Gasteiger partial charge in [0.15, 0.2) is 0 Å². The Kier molecular flexibility index (Phi) is 23.5. The summed E-state index contributed by atoms with van der Waals surface area (Å²) in [6, 6.07) is 93.9. The van der Waals surface area contributed by atoms with E-state index in [4.69, 9.17) is 0 Å². The third kappa shape index (κ3) is 17.1. The Morgan fingerprint density at radius 2 is 0.382 bits per heavy atom. The average Bonchev–Trinajstić information content (AvgIpc) is 0.718. The number of anilines is 12. The molecule has 0 spiro atoms. The highest BCUT2D eigenvalue weighted by molar-refractivity contribution is 6.90. The summed E-state index contributed by atoms with van der Waals surface area (Å²) in [4.78, 5) is 6.92. The predicted molar refractivity (Wildman–Crippen MR) is 552 cm³/mol. The third-order valence-corrected chi connectivity index (χ3v) is 34.1. The lowest BCUT2D eigenvalue weighted by Gasteiger charge is -2.30. The zero-order valence-electron chi connectivity index (χ0n) is 76.7. The van der Waals surface area contributed by atoms with E-state index in [0.717, 1.165) is 101 Å². The first-order valence-electron chi connectivity index (χ1n) is 44.9. The smallest absolute Gasteiger partial charge is 0.148 e. The van der Waals surface area contributed by atoms with E-state index < -0.39 is 102 Å². The summed E-state index contributed by atoms with van der Waals surface area (Å²) in [6.07, 6.45) is 0. The molecule has 20 rings (SSSR count). The quantitative estimate of drug-likeness (QED) is 0.0428. The summed E-state index contributed by atoms with van der Waals surface area (Å²) in [6.45, 7) is 26.9. The molecule has 0 amide bonds. The molecule has 0 radical (unpaired) electrons. The van der Waals surface area contributed by atoms with Crippen LogP contribution in [0.15, 0.2) is 340 Å². The van der Waals surface area contributed by atoms with Gasteiger partial charge in [0.05, 0.1) is 77.8 Å². The number of benzene rings is 20. The average molecular weight is 1880 g/mol. The van der Waals surface area contributed by atoms with Crippen LogP contribution in [0.2, 0.25) is 78.6 Å². The molecule has 0 fully saturated rings. The maximum Gasteiger partial charge on any atom is 0.148 e. The molecular weight excluding hydrogens is 1790 g/mol. The normalized spacial score (nSPS) is 12.1. The van der Waals surface area contributed by atoms with E-state index in [0.29, 0.717) is 56.6 Å². The predicted octanol–water partition coefficient (Wildman–Crippen LogP) is 33.6. The van der Waals surface area contributed by atoms with E-state index in [2.05, 4.69) is 103 Å². The van der Waals surface area contributed by atoms with Crippen molar-refractivity contribution in [1.82, 2.24) is 0 Å². The van der Waals surface area contributed by atoms with Gasteiger partial charge in [-0.1, -0.05) is 269 Å². The monoisotopic (exact) mass is 1880 g/mol. The van der Waals surface area contributed by atoms with Crippen LogP contribution in [0.5, 0.6) is 0 Å². The third-order valence-electron chi connectivity index (χ3n) is 25.9. The van der Waals surface area contributed by atoms with E-state index in [9.17, 15) is 17.6 Å². The van der Waals surface area contributed by atoms with Crippen LogP contribution in [-0.2, 0) is 0 Å². The Morgan fingerprint density at radius 1 is 0.169 bits per heavy atom. The van der Waals surface area contributed by atoms with Crippen molar-refractivity contribution in [2.75, 3.05) is 19.6 Å². The maximum absolute atomic E-state index is 16.9. The molecule has 0 heterocycles. The van der Waals surface area contributed by atoms with Gasteiger partial charge in [0, 0.05) is 90.8 Å². The van der Waals surface area contributed by atoms with Crippen LogP contribution < -0.4 is 40.3 Å². The summed E-state index contributed by atoms with van der Waals surface area (Å²) in [5.74, 6) is -7.65. The Balaban J connectivity index is 0.000000174. The van der Waals surface area contributed by atoms with Gasteiger partial charge in [-0.2, -0.15) is 0 Å². The SMILES string of the molecule is C[Si](C)(C)c1ccc(N(c2cc(F)c(-c3ccc(F)cc3)cc2F)c2ccc3ccc4c(N(c5ccc([Si](C)(C)C)cc5)c5cc(F)c(-c6ccc(F)cc6)cc5F)ccc5ccc2c3c54)cc1.C[Si](C)(C)c1ccc(N(c2cc(F)c(-c3cccc(F)c3)cc2F)c2ccc3ccc4c(N(c5ccc([Si](C)(C)C)cc5)c5cc(F)c(-c6cccc(F)c6)cc5F)ccc5ccc2c3c54)cc1. The summed E-state index contributed by atoms with van der Waals surface area (Å²) in [7, 11) is -7.00. The lowest BCUT2D eigenvalue weighted by molar-refractivity contribution is 0.603. The standard InChI is InChI=1S/2C58H46F6N2Si2/c1-67(2,3)43-23-19-41(20-24-43)65(55-33-49(61)47(31-51(55)63)35-7-15-39(59)16-8-35)53-29-13-37-12-28-46-54(30-14-38-11-27-45(53)57(37)58(38)46)66(42-21-25-44(26-22-42)68(4,5)6)56-34-50(62)48(32-52(56)64)36-9-17-40(60)18-10-36;1-67(2,3)43-21-17-41(18-22-43)65(55-33-49(61)47(31-51(55)63)37-9-7-11-39(59)29-37)53-27-15-35-14-26-46-54(28-16-36-13-25-45(53)57(35)58(36)46)66(42-19-23-44(24-20-42)68(4,5)6)56-34-50(62)48(32-52(56)64)38-10-8-12-40(60)30-38/h2*7-34H,1-6H3. The molecule has 0 aromatic heterocycles. The number of nitrogens with zero attached hydrogens (tertiary/aromatic N) is 4. The number of hydrogen-bond acceptors (Lipinski definition) is 4. The topological polar surface area (TPSA) is 13.0 Å². The van der Waals surface area contributed by atoms with Crippen LogP contribution in [0.3, 0.4) is 0 Å². The van der Waals surface area contributed by atoms with Crippen molar-refractivity contribution in [3.05, 3.63) is 410 Å². The summed E-state index contributed by atoms with van der Waals surface area (Å²) >= 11 is 0. The van der Waals surface area contributed by atoms with Crippen LogP contribution in [0, 0.1) is 69.8 Å². The molecule has 0 unspecified atom stereocenters. The van der Waals surface area contributed by atoms with Crippen LogP contribution >= 0.6 is 0 Å². The molecule has 0 atom stereocenters. The molecule has 676 valence electrons. The molecule has 0 bridgehead atoms. The van der Waals surface area contributed by atoms with Gasteiger partial charge in [-0.15, -0.1) is 0 Å². The van der Waals surface area contributed by atoms with Gasteiger partial charge < -0.3 is 19.6 Å². The molecule has 20 aromatic carbocycles. The molecule has 136 heavy (non-hydrogen) atoms. The first-order chi connectivity index (χ1) is 64.9. The lowest BCUT2D eigenvalue weighted by Crippen LogP contribution is -2.37. The molecular formula is C116H92F12N4Si4. The van der Waals surface area contributed by atoms with Crippen molar-refractivity contribution < 1.29 is 52.7 Å². The molecule has 0 N–H and O–H groups in total. The van der Waals surface area contributed by atoms with E-state index >= 15 is 35.1 Å². The van der Waals surface area contributed by atoms with Crippen molar-refractivity contribution in [2.24, 2.45) is 0 Å². The van der Waals surface area contributed by atoms with E-state index in [1.54, 1.807) is 31.7 Å². The Hall–Kier alpha value is -14.3. The second-order valence-corrected chi connectivity index (χ2v) is 59.2. The Labute approximate surface area is 785 Å². The second kappa shape index (κ2) is 35.2. The number of rotatable bonds is 20. The minimum absolute atomic E-state index is 0.00397. The van der Waals surface area contributed by atoms with Crippen LogP contribution in [0.25, 0.3) is 109 Å². The van der Waals surface area contributed by atoms with Crippen molar-refractivity contribution in [3.8, 4) is 44.5 Å². The summed E-state index contributed by atoms with van der Waals surface area (Å²) in [5.41, 5.74) is 5.65. The van der Waals surface area contributed by atoms with Gasteiger partial charge in [0.1, 0.15) is 69.8 Å². The summed E-state index contributed by atoms with van der Waals surface area (Å²) < 4.78 is 189. The molecule has 20 heteroatoms. The van der Waals surface area contributed by atoms with Crippen molar-refractivity contribution in [2.45, 2.75) is 78.6 Å². The van der Waals surface area contributed by atoms with Crippen molar-refractivity contribution >= 4 is 186 Å². The van der Waals surface area contributed by atoms with Crippen LogP contribution in [0.1, 0.15) is 0 Å². The molecule has 0 saturated heterocycles. The number of hydrogen-bond donors (Lipinski definition) is 0. The largest absolute Gasteiger partial charge is 0.307 e. The first-order valence-corrected chi connectivity index (χ1v) is 58.9.